The summed E-state index contributed by atoms with van der Waals surface area (Å²) in [6.07, 6.45) is -5.01. The second-order valence-corrected chi connectivity index (χ2v) is 11.3. The lowest BCUT2D eigenvalue weighted by molar-refractivity contribution is -0.164. The number of aliphatic carboxylic acids is 2. The van der Waals surface area contributed by atoms with Crippen molar-refractivity contribution in [2.24, 2.45) is 0 Å². The molecule has 49 heavy (non-hydrogen) atoms. The van der Waals surface area contributed by atoms with Crippen molar-refractivity contribution >= 4 is 35.4 Å². The summed E-state index contributed by atoms with van der Waals surface area (Å²) in [5, 5.41) is 22.4. The maximum Gasteiger partial charge on any atom is 0.416 e. The molecule has 0 fully saturated rings. The van der Waals surface area contributed by atoms with E-state index in [9.17, 15) is 47.4 Å². The van der Waals surface area contributed by atoms with E-state index in [4.69, 9.17) is 4.74 Å². The number of amides is 2. The van der Waals surface area contributed by atoms with Gasteiger partial charge in [-0.25, -0.2) is 0 Å². The minimum atomic E-state index is -4.54. The SMILES string of the molecule is Cc1cccc(C(=O)Nc2ccc(CC(=O)OCC(C(=O)O)(C(=O)O)c3ccccc3)cc2C(=O)N(C)C)c1-c1ccc(C(F)(F)F)cc1. The number of halogens is 3. The average molecular weight is 677 g/mol. The predicted octanol–water partition coefficient (Wildman–Crippen LogP) is 5.83. The Balaban J connectivity index is 1.60. The Morgan fingerprint density at radius 3 is 1.98 bits per heavy atom. The first-order valence-electron chi connectivity index (χ1n) is 14.7. The Bertz CT molecular complexity index is 1890. The fraction of sp³-hybridized carbons (Fsp3) is 0.194. The number of carboxylic acids is 2. The van der Waals surface area contributed by atoms with Crippen LogP contribution in [0.2, 0.25) is 0 Å². The van der Waals surface area contributed by atoms with E-state index >= 15 is 0 Å². The summed E-state index contributed by atoms with van der Waals surface area (Å²) in [5.41, 5.74) is -1.69. The molecular weight excluding hydrogens is 645 g/mol. The molecule has 0 radical (unpaired) electrons. The molecule has 3 N–H and O–H groups in total. The number of aryl methyl sites for hydroxylation is 1. The number of nitrogens with one attached hydrogen (secondary N) is 1. The molecule has 0 saturated heterocycles. The molecule has 0 aliphatic carbocycles. The molecular formula is C36H31F3N2O8. The van der Waals surface area contributed by atoms with Crippen molar-refractivity contribution in [2.45, 2.75) is 24.9 Å². The van der Waals surface area contributed by atoms with E-state index in [1.165, 1.54) is 79.7 Å². The fourth-order valence-electron chi connectivity index (χ4n) is 5.16. The normalized spacial score (nSPS) is 11.4. The molecule has 254 valence electrons. The molecule has 0 aliphatic rings. The average Bonchev–Trinajstić information content (AvgIpc) is 3.05. The van der Waals surface area contributed by atoms with Crippen LogP contribution in [0.1, 0.15) is 43.0 Å². The van der Waals surface area contributed by atoms with E-state index in [1.54, 1.807) is 25.1 Å². The predicted molar refractivity (Wildman–Crippen MR) is 172 cm³/mol. The second kappa shape index (κ2) is 14.4. The van der Waals surface area contributed by atoms with Crippen LogP contribution in [0.5, 0.6) is 0 Å². The van der Waals surface area contributed by atoms with Gasteiger partial charge in [0.05, 0.1) is 23.2 Å². The molecule has 0 atom stereocenters. The zero-order valence-electron chi connectivity index (χ0n) is 26.5. The highest BCUT2D eigenvalue weighted by Gasteiger charge is 2.50. The lowest BCUT2D eigenvalue weighted by Gasteiger charge is -2.25. The molecule has 0 saturated carbocycles. The van der Waals surface area contributed by atoms with Gasteiger partial charge in [0.1, 0.15) is 6.61 Å². The number of rotatable bonds is 11. The first-order chi connectivity index (χ1) is 23.1. The minimum absolute atomic E-state index is 0.0120. The Morgan fingerprint density at radius 2 is 1.41 bits per heavy atom. The molecule has 2 amide bonds. The monoisotopic (exact) mass is 676 g/mol. The topological polar surface area (TPSA) is 150 Å². The largest absolute Gasteiger partial charge is 0.480 e. The molecule has 0 aliphatic heterocycles. The maximum absolute atomic E-state index is 13.6. The summed E-state index contributed by atoms with van der Waals surface area (Å²) in [5.74, 6) is -5.62. The van der Waals surface area contributed by atoms with Gasteiger partial charge in [-0.3, -0.25) is 24.0 Å². The lowest BCUT2D eigenvalue weighted by Crippen LogP contribution is -2.48. The number of benzene rings is 4. The fourth-order valence-corrected chi connectivity index (χ4v) is 5.16. The smallest absolute Gasteiger partial charge is 0.416 e. The van der Waals surface area contributed by atoms with E-state index in [2.05, 4.69) is 5.32 Å². The standard InChI is InChI=1S/C36H31F3N2O8/c1-21-8-7-11-26(30(21)23-13-15-25(16-14-23)36(37,38)39)31(43)40-28-17-12-22(18-27(28)32(44)41(2)3)19-29(42)49-20-35(33(45)46,34(47)48)24-9-5-4-6-10-24/h4-18H,19-20H2,1-3H3,(H,40,43)(H,45,46)(H,47,48). The highest BCUT2D eigenvalue weighted by atomic mass is 19.4. The van der Waals surface area contributed by atoms with Crippen molar-refractivity contribution in [3.05, 3.63) is 124 Å². The van der Waals surface area contributed by atoms with Gasteiger partial charge in [-0.05, 0) is 65.1 Å². The third kappa shape index (κ3) is 7.78. The number of hydrogen-bond donors (Lipinski definition) is 3. The number of alkyl halides is 3. The van der Waals surface area contributed by atoms with Crippen molar-refractivity contribution in [3.63, 3.8) is 0 Å². The number of ether oxygens (including phenoxy) is 1. The number of carbonyl (C=O) groups is 5. The van der Waals surface area contributed by atoms with Crippen molar-refractivity contribution in [2.75, 3.05) is 26.0 Å². The van der Waals surface area contributed by atoms with Crippen molar-refractivity contribution in [3.8, 4) is 11.1 Å². The molecule has 10 nitrogen and oxygen atoms in total. The quantitative estimate of drug-likeness (QED) is 0.133. The van der Waals surface area contributed by atoms with E-state index in [-0.39, 0.29) is 27.9 Å². The lowest BCUT2D eigenvalue weighted by atomic mass is 9.81. The van der Waals surface area contributed by atoms with E-state index in [0.29, 0.717) is 16.7 Å². The molecule has 4 aromatic carbocycles. The zero-order chi connectivity index (χ0) is 36.1. The molecule has 0 aromatic heterocycles. The van der Waals surface area contributed by atoms with Gasteiger partial charge in [0, 0.05) is 19.7 Å². The first kappa shape index (κ1) is 35.9. The molecule has 13 heteroatoms. The summed E-state index contributed by atoms with van der Waals surface area (Å²) in [4.78, 5) is 65.1. The van der Waals surface area contributed by atoms with Crippen molar-refractivity contribution in [1.29, 1.82) is 0 Å². The van der Waals surface area contributed by atoms with Crippen LogP contribution in [0.15, 0.2) is 91.0 Å². The number of esters is 1. The van der Waals surface area contributed by atoms with E-state index in [1.807, 2.05) is 0 Å². The zero-order valence-corrected chi connectivity index (χ0v) is 26.5. The summed E-state index contributed by atoms with van der Waals surface area (Å²) in [6, 6.07) is 20.4. The van der Waals surface area contributed by atoms with Crippen LogP contribution >= 0.6 is 0 Å². The number of anilines is 1. The van der Waals surface area contributed by atoms with Crippen LogP contribution in [0.3, 0.4) is 0 Å². The van der Waals surface area contributed by atoms with Crippen LogP contribution < -0.4 is 5.32 Å². The van der Waals surface area contributed by atoms with E-state index < -0.39 is 59.9 Å². The van der Waals surface area contributed by atoms with Gasteiger partial charge < -0.3 is 25.2 Å². The van der Waals surface area contributed by atoms with Crippen LogP contribution in [-0.2, 0) is 37.1 Å². The molecule has 0 bridgehead atoms. The van der Waals surface area contributed by atoms with Gasteiger partial charge in [0.2, 0.25) is 5.41 Å². The van der Waals surface area contributed by atoms with Gasteiger partial charge in [-0.1, -0.05) is 60.7 Å². The molecule has 0 unspecified atom stereocenters. The minimum Gasteiger partial charge on any atom is -0.480 e. The van der Waals surface area contributed by atoms with Crippen LogP contribution in [0, 0.1) is 6.92 Å². The third-order valence-electron chi connectivity index (χ3n) is 7.78. The number of nitrogens with zero attached hydrogens (tertiary/aromatic N) is 1. The van der Waals surface area contributed by atoms with Crippen LogP contribution in [0.25, 0.3) is 11.1 Å². The number of carboxylic acid groups (broad SMARTS) is 2. The van der Waals surface area contributed by atoms with Crippen LogP contribution in [0.4, 0.5) is 18.9 Å². The Morgan fingerprint density at radius 1 is 0.776 bits per heavy atom. The van der Waals surface area contributed by atoms with Crippen molar-refractivity contribution < 1.29 is 52.1 Å². The Kier molecular flexibility index (Phi) is 10.6. The number of hydrogen-bond acceptors (Lipinski definition) is 6. The molecule has 0 spiro atoms. The Labute approximate surface area is 278 Å². The maximum atomic E-state index is 13.6. The molecule has 4 rings (SSSR count). The first-order valence-corrected chi connectivity index (χ1v) is 14.7. The summed E-state index contributed by atoms with van der Waals surface area (Å²) in [7, 11) is 2.94. The summed E-state index contributed by atoms with van der Waals surface area (Å²) >= 11 is 0. The third-order valence-corrected chi connectivity index (χ3v) is 7.78. The highest BCUT2D eigenvalue weighted by Crippen LogP contribution is 2.34. The molecule has 4 aromatic rings. The Hall–Kier alpha value is -5.98. The highest BCUT2D eigenvalue weighted by molar-refractivity contribution is 6.12. The van der Waals surface area contributed by atoms with Gasteiger partial charge in [0.15, 0.2) is 0 Å². The van der Waals surface area contributed by atoms with Gasteiger partial charge in [-0.15, -0.1) is 0 Å². The van der Waals surface area contributed by atoms with Gasteiger partial charge in [0.25, 0.3) is 11.8 Å². The van der Waals surface area contributed by atoms with Gasteiger partial charge in [-0.2, -0.15) is 13.2 Å². The van der Waals surface area contributed by atoms with Gasteiger partial charge >= 0.3 is 24.1 Å². The molecule has 0 heterocycles. The second-order valence-electron chi connectivity index (χ2n) is 11.3. The van der Waals surface area contributed by atoms with E-state index in [0.717, 1.165) is 12.1 Å². The summed E-state index contributed by atoms with van der Waals surface area (Å²) < 4.78 is 44.6. The summed E-state index contributed by atoms with van der Waals surface area (Å²) in [6.45, 7) is 0.700. The van der Waals surface area contributed by atoms with Crippen LogP contribution in [-0.4, -0.2) is 65.5 Å². The van der Waals surface area contributed by atoms with Crippen molar-refractivity contribution in [1.82, 2.24) is 4.90 Å². The number of carbonyl (C=O) groups excluding carboxylic acids is 3.